The van der Waals surface area contributed by atoms with Gasteiger partial charge in [0.1, 0.15) is 4.90 Å². The quantitative estimate of drug-likeness (QED) is 0.589. The Labute approximate surface area is 171 Å². The summed E-state index contributed by atoms with van der Waals surface area (Å²) in [7, 11) is -3.77. The van der Waals surface area contributed by atoms with Gasteiger partial charge in [-0.3, -0.25) is 9.59 Å². The summed E-state index contributed by atoms with van der Waals surface area (Å²) in [5.41, 5.74) is 0.206. The largest absolute Gasteiger partial charge is 0.354 e. The van der Waals surface area contributed by atoms with E-state index in [4.69, 9.17) is 11.6 Å². The summed E-state index contributed by atoms with van der Waals surface area (Å²) >= 11 is 6.08. The van der Waals surface area contributed by atoms with Crippen LogP contribution >= 0.6 is 11.6 Å². The molecule has 28 heavy (non-hydrogen) atoms. The monoisotopic (exact) mass is 429 g/mol. The highest BCUT2D eigenvalue weighted by atomic mass is 35.5. The Morgan fingerprint density at radius 3 is 2.32 bits per heavy atom. The lowest BCUT2D eigenvalue weighted by atomic mass is 10.1. The highest BCUT2D eigenvalue weighted by molar-refractivity contribution is 7.89. The maximum Gasteiger partial charge on any atom is 0.251 e. The van der Waals surface area contributed by atoms with E-state index in [1.807, 2.05) is 0 Å². The van der Waals surface area contributed by atoms with Crippen molar-refractivity contribution < 1.29 is 18.0 Å². The van der Waals surface area contributed by atoms with Gasteiger partial charge in [-0.25, -0.2) is 8.42 Å². The smallest absolute Gasteiger partial charge is 0.251 e. The molecule has 1 aromatic carbocycles. The molecule has 156 valence electrons. The van der Waals surface area contributed by atoms with Gasteiger partial charge < -0.3 is 10.6 Å². The number of benzene rings is 1. The molecule has 1 aliphatic carbocycles. The van der Waals surface area contributed by atoms with Gasteiger partial charge >= 0.3 is 0 Å². The molecule has 1 fully saturated rings. The molecule has 1 aromatic rings. The highest BCUT2D eigenvalue weighted by Crippen LogP contribution is 2.26. The minimum absolute atomic E-state index is 0.0332. The van der Waals surface area contributed by atoms with Crippen LogP contribution in [0.3, 0.4) is 0 Å². The number of sulfonamides is 1. The number of hydrogen-bond acceptors (Lipinski definition) is 4. The van der Waals surface area contributed by atoms with Gasteiger partial charge in [0.05, 0.1) is 5.02 Å². The van der Waals surface area contributed by atoms with E-state index in [0.29, 0.717) is 19.6 Å². The van der Waals surface area contributed by atoms with Crippen LogP contribution in [0.15, 0.2) is 23.1 Å². The molecular weight excluding hydrogens is 402 g/mol. The van der Waals surface area contributed by atoms with Crippen molar-refractivity contribution in [1.29, 1.82) is 0 Å². The number of amides is 2. The van der Waals surface area contributed by atoms with Gasteiger partial charge in [-0.2, -0.15) is 4.31 Å². The summed E-state index contributed by atoms with van der Waals surface area (Å²) in [5, 5.41) is 5.60. The Morgan fingerprint density at radius 1 is 1.11 bits per heavy atom. The zero-order valence-electron chi connectivity index (χ0n) is 16.3. The lowest BCUT2D eigenvalue weighted by Crippen LogP contribution is -2.37. The van der Waals surface area contributed by atoms with Crippen LogP contribution in [0.2, 0.25) is 5.02 Å². The lowest BCUT2D eigenvalue weighted by Gasteiger charge is -2.19. The average Bonchev–Trinajstić information content (AvgIpc) is 3.20. The van der Waals surface area contributed by atoms with Crippen molar-refractivity contribution in [2.45, 2.75) is 44.4 Å². The third kappa shape index (κ3) is 5.46. The van der Waals surface area contributed by atoms with Crippen molar-refractivity contribution in [2.75, 3.05) is 26.2 Å². The molecule has 0 aromatic heterocycles. The maximum absolute atomic E-state index is 12.7. The Bertz CT molecular complexity index is 803. The molecular formula is C19H28ClN3O4S. The molecule has 2 rings (SSSR count). The average molecular weight is 430 g/mol. The molecule has 1 saturated carbocycles. The fourth-order valence-corrected chi connectivity index (χ4v) is 5.30. The number of nitrogens with zero attached hydrogens (tertiary/aromatic N) is 1. The van der Waals surface area contributed by atoms with Gasteiger partial charge in [-0.1, -0.05) is 38.3 Å². The van der Waals surface area contributed by atoms with Gasteiger partial charge in [0.25, 0.3) is 5.91 Å². The van der Waals surface area contributed by atoms with Crippen LogP contribution < -0.4 is 10.6 Å². The van der Waals surface area contributed by atoms with E-state index in [-0.39, 0.29) is 33.9 Å². The van der Waals surface area contributed by atoms with E-state index in [2.05, 4.69) is 10.6 Å². The Morgan fingerprint density at radius 2 is 1.71 bits per heavy atom. The number of nitrogens with one attached hydrogen (secondary N) is 2. The molecule has 1 aliphatic rings. The van der Waals surface area contributed by atoms with Crippen LogP contribution in [0.1, 0.15) is 49.9 Å². The van der Waals surface area contributed by atoms with Crippen molar-refractivity contribution in [2.24, 2.45) is 5.92 Å². The standard InChI is InChI=1S/C19H28ClN3O4S/c1-3-23(4-2)28(26,27)17-13-15(9-10-16(17)20)19(25)22-12-11-21-18(24)14-7-5-6-8-14/h9-10,13-14H,3-8,11-12H2,1-2H3,(H,21,24)(H,22,25). The van der Waals surface area contributed by atoms with Crippen LogP contribution in [-0.4, -0.2) is 50.7 Å². The SMILES string of the molecule is CCN(CC)S(=O)(=O)c1cc(C(=O)NCCNC(=O)C2CCCC2)ccc1Cl. The van der Waals surface area contributed by atoms with Crippen molar-refractivity contribution in [3.8, 4) is 0 Å². The first kappa shape index (κ1) is 22.6. The minimum Gasteiger partial charge on any atom is -0.354 e. The van der Waals surface area contributed by atoms with Crippen LogP contribution in [0.5, 0.6) is 0 Å². The fraction of sp³-hybridized carbons (Fsp3) is 0.579. The predicted octanol–water partition coefficient (Wildman–Crippen LogP) is 2.41. The van der Waals surface area contributed by atoms with E-state index < -0.39 is 15.9 Å². The van der Waals surface area contributed by atoms with Crippen molar-refractivity contribution in [3.63, 3.8) is 0 Å². The van der Waals surface area contributed by atoms with E-state index in [1.165, 1.54) is 22.5 Å². The number of carbonyl (C=O) groups is 2. The number of rotatable bonds is 9. The summed E-state index contributed by atoms with van der Waals surface area (Å²) in [6.07, 6.45) is 4.02. The lowest BCUT2D eigenvalue weighted by molar-refractivity contribution is -0.124. The molecule has 2 N–H and O–H groups in total. The molecule has 0 saturated heterocycles. The van der Waals surface area contributed by atoms with Crippen LogP contribution in [0, 0.1) is 5.92 Å². The maximum atomic E-state index is 12.7. The van der Waals surface area contributed by atoms with E-state index >= 15 is 0 Å². The summed E-state index contributed by atoms with van der Waals surface area (Å²) in [5.74, 6) is -0.298. The number of carbonyl (C=O) groups excluding carboxylic acids is 2. The zero-order chi connectivity index (χ0) is 20.7. The topological polar surface area (TPSA) is 95.6 Å². The molecule has 9 heteroatoms. The normalized spacial score (nSPS) is 15.0. The summed E-state index contributed by atoms with van der Waals surface area (Å²) < 4.78 is 26.7. The summed E-state index contributed by atoms with van der Waals surface area (Å²) in [4.78, 5) is 24.2. The van der Waals surface area contributed by atoms with Crippen molar-refractivity contribution in [1.82, 2.24) is 14.9 Å². The molecule has 0 heterocycles. The molecule has 0 bridgehead atoms. The first-order valence-corrected chi connectivity index (χ1v) is 11.5. The molecule has 0 aliphatic heterocycles. The van der Waals surface area contributed by atoms with Gasteiger partial charge in [-0.15, -0.1) is 0 Å². The second kappa shape index (κ2) is 10.2. The first-order valence-electron chi connectivity index (χ1n) is 9.66. The molecule has 0 spiro atoms. The molecule has 2 amide bonds. The predicted molar refractivity (Wildman–Crippen MR) is 109 cm³/mol. The third-order valence-corrected chi connectivity index (χ3v) is 7.48. The highest BCUT2D eigenvalue weighted by Gasteiger charge is 2.26. The number of hydrogen-bond donors (Lipinski definition) is 2. The van der Waals surface area contributed by atoms with E-state index in [0.717, 1.165) is 25.7 Å². The summed E-state index contributed by atoms with van der Waals surface area (Å²) in [6.45, 7) is 4.70. The van der Waals surface area contributed by atoms with Gasteiger partial charge in [0, 0.05) is 37.7 Å². The van der Waals surface area contributed by atoms with E-state index in [1.54, 1.807) is 13.8 Å². The number of halogens is 1. The van der Waals surface area contributed by atoms with Crippen LogP contribution in [0.25, 0.3) is 0 Å². The second-order valence-electron chi connectivity index (χ2n) is 6.76. The molecule has 7 nitrogen and oxygen atoms in total. The minimum atomic E-state index is -3.77. The fourth-order valence-electron chi connectivity index (χ4n) is 3.34. The summed E-state index contributed by atoms with van der Waals surface area (Å²) in [6, 6.07) is 4.19. The molecule has 0 atom stereocenters. The second-order valence-corrected chi connectivity index (χ2v) is 9.08. The van der Waals surface area contributed by atoms with Gasteiger partial charge in [-0.05, 0) is 31.0 Å². The zero-order valence-corrected chi connectivity index (χ0v) is 17.9. The van der Waals surface area contributed by atoms with Gasteiger partial charge in [0.15, 0.2) is 0 Å². The Balaban J connectivity index is 1.97. The molecule has 0 radical (unpaired) electrons. The molecule has 0 unspecified atom stereocenters. The Kier molecular flexibility index (Phi) is 8.27. The van der Waals surface area contributed by atoms with Crippen LogP contribution in [0.4, 0.5) is 0 Å². The van der Waals surface area contributed by atoms with Crippen molar-refractivity contribution >= 4 is 33.4 Å². The van der Waals surface area contributed by atoms with Gasteiger partial charge in [0.2, 0.25) is 15.9 Å². The third-order valence-electron chi connectivity index (χ3n) is 4.95. The Hall–Kier alpha value is -1.64. The van der Waals surface area contributed by atoms with Crippen LogP contribution in [-0.2, 0) is 14.8 Å². The first-order chi connectivity index (χ1) is 13.3. The van der Waals surface area contributed by atoms with Crippen molar-refractivity contribution in [3.05, 3.63) is 28.8 Å². The van der Waals surface area contributed by atoms with E-state index in [9.17, 15) is 18.0 Å².